The molecule has 0 unspecified atom stereocenters. The van der Waals surface area contributed by atoms with Crippen molar-refractivity contribution < 1.29 is 14.3 Å². The van der Waals surface area contributed by atoms with Crippen LogP contribution in [0.5, 0.6) is 5.75 Å². The van der Waals surface area contributed by atoms with Crippen molar-refractivity contribution in [2.24, 2.45) is 0 Å². The lowest BCUT2D eigenvalue weighted by molar-refractivity contribution is -0.116. The van der Waals surface area contributed by atoms with Crippen molar-refractivity contribution in [2.45, 2.75) is 26.7 Å². The number of anilines is 2. The van der Waals surface area contributed by atoms with Gasteiger partial charge in [0.15, 0.2) is 0 Å². The van der Waals surface area contributed by atoms with Crippen LogP contribution in [0.1, 0.15) is 37.0 Å². The number of carbonyl (C=O) groups excluding carboxylic acids is 2. The van der Waals surface area contributed by atoms with Crippen LogP contribution in [-0.2, 0) is 4.79 Å². The molecule has 2 rings (SSSR count). The van der Waals surface area contributed by atoms with E-state index in [0.717, 1.165) is 12.2 Å². The normalized spacial score (nSPS) is 10.1. The largest absolute Gasteiger partial charge is 0.494 e. The van der Waals surface area contributed by atoms with E-state index in [4.69, 9.17) is 4.74 Å². The molecule has 0 aliphatic heterocycles. The minimum absolute atomic E-state index is 0.0105. The Balaban J connectivity index is 1.95. The van der Waals surface area contributed by atoms with Crippen molar-refractivity contribution >= 4 is 23.2 Å². The molecule has 0 heterocycles. The van der Waals surface area contributed by atoms with Crippen molar-refractivity contribution in [2.75, 3.05) is 17.2 Å². The smallest absolute Gasteiger partial charge is 0.255 e. The lowest BCUT2D eigenvalue weighted by Gasteiger charge is -2.08. The molecule has 126 valence electrons. The summed E-state index contributed by atoms with van der Waals surface area (Å²) < 4.78 is 5.35. The predicted molar refractivity (Wildman–Crippen MR) is 95.5 cm³/mol. The van der Waals surface area contributed by atoms with Gasteiger partial charge in [0.25, 0.3) is 5.91 Å². The van der Waals surface area contributed by atoms with E-state index in [0.29, 0.717) is 30.0 Å². The topological polar surface area (TPSA) is 67.4 Å². The predicted octanol–water partition coefficient (Wildman–Crippen LogP) is 4.08. The maximum Gasteiger partial charge on any atom is 0.255 e. The molecule has 24 heavy (non-hydrogen) atoms. The van der Waals surface area contributed by atoms with Gasteiger partial charge in [-0.2, -0.15) is 0 Å². The summed E-state index contributed by atoms with van der Waals surface area (Å²) in [5, 5.41) is 5.63. The first-order valence-electron chi connectivity index (χ1n) is 8.06. The zero-order chi connectivity index (χ0) is 17.4. The van der Waals surface area contributed by atoms with Crippen LogP contribution in [0.25, 0.3) is 0 Å². The summed E-state index contributed by atoms with van der Waals surface area (Å²) in [4.78, 5) is 23.8. The Labute approximate surface area is 142 Å². The molecule has 5 heteroatoms. The van der Waals surface area contributed by atoms with Crippen molar-refractivity contribution in [1.29, 1.82) is 0 Å². The van der Waals surface area contributed by atoms with Gasteiger partial charge >= 0.3 is 0 Å². The molecular weight excluding hydrogens is 304 g/mol. The number of benzene rings is 2. The molecule has 0 saturated heterocycles. The summed E-state index contributed by atoms with van der Waals surface area (Å²) in [6, 6.07) is 14.0. The second-order valence-corrected chi connectivity index (χ2v) is 5.29. The van der Waals surface area contributed by atoms with Crippen LogP contribution in [0.4, 0.5) is 11.4 Å². The summed E-state index contributed by atoms with van der Waals surface area (Å²) >= 11 is 0. The van der Waals surface area contributed by atoms with E-state index in [1.54, 1.807) is 48.5 Å². The van der Waals surface area contributed by atoms with Crippen molar-refractivity contribution in [3.8, 4) is 5.75 Å². The summed E-state index contributed by atoms with van der Waals surface area (Å²) in [6.45, 7) is 4.46. The van der Waals surface area contributed by atoms with Gasteiger partial charge in [-0.05, 0) is 61.9 Å². The second-order valence-electron chi connectivity index (χ2n) is 5.29. The maximum absolute atomic E-state index is 12.2. The van der Waals surface area contributed by atoms with Crippen LogP contribution >= 0.6 is 0 Å². The fraction of sp³-hybridized carbons (Fsp3) is 0.263. The molecule has 0 aromatic heterocycles. The standard InChI is InChI=1S/C19H22N2O3/c1-3-5-18(22)20-15-8-10-16(11-9-15)21-19(23)14-6-12-17(13-7-14)24-4-2/h6-13H,3-5H2,1-2H3,(H,20,22)(H,21,23). The molecule has 2 aromatic rings. The number of hydrogen-bond donors (Lipinski definition) is 2. The Kier molecular flexibility index (Phi) is 6.37. The SMILES string of the molecule is CCCC(=O)Nc1ccc(NC(=O)c2ccc(OCC)cc2)cc1. The fourth-order valence-corrected chi connectivity index (χ4v) is 2.16. The molecule has 2 N–H and O–H groups in total. The number of amides is 2. The van der Waals surface area contributed by atoms with E-state index in [1.807, 2.05) is 13.8 Å². The van der Waals surface area contributed by atoms with Gasteiger partial charge in [0.05, 0.1) is 6.61 Å². The molecule has 0 fully saturated rings. The Morgan fingerprint density at radius 1 is 0.875 bits per heavy atom. The van der Waals surface area contributed by atoms with E-state index in [9.17, 15) is 9.59 Å². The summed E-state index contributed by atoms with van der Waals surface area (Å²) in [7, 11) is 0. The maximum atomic E-state index is 12.2. The molecule has 0 saturated carbocycles. The zero-order valence-corrected chi connectivity index (χ0v) is 14.0. The fourth-order valence-electron chi connectivity index (χ4n) is 2.16. The monoisotopic (exact) mass is 326 g/mol. The highest BCUT2D eigenvalue weighted by Gasteiger charge is 2.07. The van der Waals surface area contributed by atoms with E-state index >= 15 is 0 Å². The summed E-state index contributed by atoms with van der Waals surface area (Å²) in [5.41, 5.74) is 1.94. The number of carbonyl (C=O) groups is 2. The van der Waals surface area contributed by atoms with Gasteiger partial charge in [-0.15, -0.1) is 0 Å². The average molecular weight is 326 g/mol. The third-order valence-electron chi connectivity index (χ3n) is 3.33. The molecule has 2 amide bonds. The molecule has 0 atom stereocenters. The highest BCUT2D eigenvalue weighted by molar-refractivity contribution is 6.04. The van der Waals surface area contributed by atoms with Gasteiger partial charge in [-0.25, -0.2) is 0 Å². The Bertz CT molecular complexity index is 679. The number of hydrogen-bond acceptors (Lipinski definition) is 3. The third kappa shape index (κ3) is 5.12. The first-order chi connectivity index (χ1) is 11.6. The zero-order valence-electron chi connectivity index (χ0n) is 14.0. The first-order valence-corrected chi connectivity index (χ1v) is 8.06. The number of nitrogens with one attached hydrogen (secondary N) is 2. The van der Waals surface area contributed by atoms with Gasteiger partial charge < -0.3 is 15.4 Å². The molecular formula is C19H22N2O3. The molecule has 0 radical (unpaired) electrons. The third-order valence-corrected chi connectivity index (χ3v) is 3.33. The van der Waals surface area contributed by atoms with E-state index in [2.05, 4.69) is 10.6 Å². The van der Waals surface area contributed by atoms with Crippen molar-refractivity contribution in [1.82, 2.24) is 0 Å². The summed E-state index contributed by atoms with van der Waals surface area (Å²) in [5.74, 6) is 0.533. The van der Waals surface area contributed by atoms with E-state index in [-0.39, 0.29) is 11.8 Å². The van der Waals surface area contributed by atoms with Gasteiger partial charge in [-0.1, -0.05) is 6.92 Å². The molecule has 2 aromatic carbocycles. The minimum atomic E-state index is -0.194. The van der Waals surface area contributed by atoms with E-state index < -0.39 is 0 Å². The Morgan fingerprint density at radius 3 is 2.00 bits per heavy atom. The Hall–Kier alpha value is -2.82. The highest BCUT2D eigenvalue weighted by Crippen LogP contribution is 2.16. The minimum Gasteiger partial charge on any atom is -0.494 e. The van der Waals surface area contributed by atoms with Gasteiger partial charge in [0, 0.05) is 23.4 Å². The second kappa shape index (κ2) is 8.72. The van der Waals surface area contributed by atoms with Gasteiger partial charge in [-0.3, -0.25) is 9.59 Å². The van der Waals surface area contributed by atoms with Crippen molar-refractivity contribution in [3.05, 3.63) is 54.1 Å². The first kappa shape index (κ1) is 17.5. The van der Waals surface area contributed by atoms with E-state index in [1.165, 1.54) is 0 Å². The van der Waals surface area contributed by atoms with Crippen LogP contribution in [-0.4, -0.2) is 18.4 Å². The lowest BCUT2D eigenvalue weighted by Crippen LogP contribution is -2.12. The molecule has 5 nitrogen and oxygen atoms in total. The summed E-state index contributed by atoms with van der Waals surface area (Å²) in [6.07, 6.45) is 1.30. The quantitative estimate of drug-likeness (QED) is 0.806. The van der Waals surface area contributed by atoms with Crippen LogP contribution < -0.4 is 15.4 Å². The van der Waals surface area contributed by atoms with Crippen LogP contribution in [0, 0.1) is 0 Å². The molecule has 0 aliphatic rings. The molecule has 0 bridgehead atoms. The van der Waals surface area contributed by atoms with Gasteiger partial charge in [0.1, 0.15) is 5.75 Å². The van der Waals surface area contributed by atoms with Gasteiger partial charge in [0.2, 0.25) is 5.91 Å². The number of ether oxygens (including phenoxy) is 1. The molecule has 0 spiro atoms. The van der Waals surface area contributed by atoms with Crippen LogP contribution in [0.3, 0.4) is 0 Å². The number of rotatable bonds is 7. The molecule has 0 aliphatic carbocycles. The lowest BCUT2D eigenvalue weighted by atomic mass is 10.2. The Morgan fingerprint density at radius 2 is 1.46 bits per heavy atom. The van der Waals surface area contributed by atoms with Crippen molar-refractivity contribution in [3.63, 3.8) is 0 Å². The highest BCUT2D eigenvalue weighted by atomic mass is 16.5. The average Bonchev–Trinajstić information content (AvgIpc) is 2.58. The van der Waals surface area contributed by atoms with Crippen LogP contribution in [0.2, 0.25) is 0 Å². The van der Waals surface area contributed by atoms with Crippen LogP contribution in [0.15, 0.2) is 48.5 Å².